The minimum atomic E-state index is -0.0168. The van der Waals surface area contributed by atoms with Gasteiger partial charge in [-0.05, 0) is 59.9 Å². The molecule has 20 heavy (non-hydrogen) atoms. The third-order valence-corrected chi connectivity index (χ3v) is 3.38. The molecule has 10 heteroatoms. The summed E-state index contributed by atoms with van der Waals surface area (Å²) in [7, 11) is 0. The normalized spacial score (nSPS) is 12.2. The number of hydrogen-bond donors (Lipinski definition) is 3. The molecule has 0 saturated carbocycles. The molecule has 0 fully saturated rings. The number of aromatic hydroxyl groups is 1. The number of phenols is 1. The molecule has 104 valence electrons. The smallest absolute Gasteiger partial charge is 0.199 e. The number of nitrogens with two attached hydrogens (primary N) is 2. The van der Waals surface area contributed by atoms with E-state index in [-0.39, 0.29) is 23.1 Å². The van der Waals surface area contributed by atoms with Gasteiger partial charge in [0.25, 0.3) is 0 Å². The van der Waals surface area contributed by atoms with Crippen LogP contribution < -0.4 is 11.5 Å². The van der Waals surface area contributed by atoms with Crippen molar-refractivity contribution in [3.63, 3.8) is 0 Å². The van der Waals surface area contributed by atoms with Crippen molar-refractivity contribution in [2.45, 2.75) is 0 Å². The Balaban J connectivity index is 2.20. The molecule has 8 nitrogen and oxygen atoms in total. The fraction of sp³-hybridized carbons (Fsp3) is 0. The number of halogens is 2. The van der Waals surface area contributed by atoms with E-state index in [9.17, 15) is 5.11 Å². The summed E-state index contributed by atoms with van der Waals surface area (Å²) in [5, 5.41) is 24.0. The van der Waals surface area contributed by atoms with E-state index in [4.69, 9.17) is 11.5 Å². The summed E-state index contributed by atoms with van der Waals surface area (Å²) in [5.74, 6) is 0.125. The predicted molar refractivity (Wildman–Crippen MR) is 80.5 cm³/mol. The summed E-state index contributed by atoms with van der Waals surface area (Å²) >= 11 is 6.42. The summed E-state index contributed by atoms with van der Waals surface area (Å²) in [6, 6.07) is 3.34. The molecular weight excluding hydrogens is 396 g/mol. The quantitative estimate of drug-likeness (QED) is 0.404. The molecule has 0 amide bonds. The van der Waals surface area contributed by atoms with Gasteiger partial charge in [-0.1, -0.05) is 0 Å². The molecular formula is C10H8Br2N6O2. The predicted octanol–water partition coefficient (Wildman–Crippen LogP) is 1.62. The Labute approximate surface area is 129 Å². The highest BCUT2D eigenvalue weighted by Crippen LogP contribution is 2.32. The monoisotopic (exact) mass is 402 g/mol. The maximum Gasteiger partial charge on any atom is 0.199 e. The second kappa shape index (κ2) is 6.01. The Bertz CT molecular complexity index is 674. The van der Waals surface area contributed by atoms with Crippen molar-refractivity contribution in [2.75, 3.05) is 5.73 Å². The van der Waals surface area contributed by atoms with Crippen molar-refractivity contribution in [3.05, 3.63) is 32.3 Å². The molecule has 0 atom stereocenters. The van der Waals surface area contributed by atoms with Crippen LogP contribution in [0.25, 0.3) is 0 Å². The number of anilines is 1. The van der Waals surface area contributed by atoms with Gasteiger partial charge in [-0.2, -0.15) is 5.10 Å². The van der Waals surface area contributed by atoms with Gasteiger partial charge in [0.05, 0.1) is 15.2 Å². The summed E-state index contributed by atoms with van der Waals surface area (Å²) < 4.78 is 5.44. The molecule has 2 rings (SSSR count). The fourth-order valence-corrected chi connectivity index (χ4v) is 2.46. The van der Waals surface area contributed by atoms with Crippen LogP contribution in [0, 0.1) is 0 Å². The van der Waals surface area contributed by atoms with Crippen LogP contribution in [0.5, 0.6) is 5.75 Å². The molecule has 1 heterocycles. The van der Waals surface area contributed by atoms with Gasteiger partial charge >= 0.3 is 0 Å². The first-order valence-electron chi connectivity index (χ1n) is 5.12. The maximum atomic E-state index is 9.57. The molecule has 0 aliphatic carbocycles. The van der Waals surface area contributed by atoms with Crippen molar-refractivity contribution in [1.82, 2.24) is 10.3 Å². The molecule has 0 saturated heterocycles. The van der Waals surface area contributed by atoms with E-state index in [1.807, 2.05) is 0 Å². The number of nitrogen functional groups attached to an aromatic ring is 1. The van der Waals surface area contributed by atoms with Gasteiger partial charge in [0, 0.05) is 0 Å². The van der Waals surface area contributed by atoms with Crippen LogP contribution in [0.3, 0.4) is 0 Å². The Morgan fingerprint density at radius 3 is 2.50 bits per heavy atom. The Morgan fingerprint density at radius 1 is 1.30 bits per heavy atom. The molecule has 0 aliphatic heterocycles. The Kier molecular flexibility index (Phi) is 4.35. The zero-order chi connectivity index (χ0) is 14.7. The summed E-state index contributed by atoms with van der Waals surface area (Å²) in [6.45, 7) is 0. The third-order valence-electron chi connectivity index (χ3n) is 2.17. The minimum Gasteiger partial charge on any atom is -0.506 e. The second-order valence-corrected chi connectivity index (χ2v) is 5.27. The van der Waals surface area contributed by atoms with Crippen molar-refractivity contribution in [1.29, 1.82) is 0 Å². The summed E-state index contributed by atoms with van der Waals surface area (Å²) in [5.41, 5.74) is 11.9. The van der Waals surface area contributed by atoms with Gasteiger partial charge < -0.3 is 16.6 Å². The van der Waals surface area contributed by atoms with Crippen LogP contribution in [0.1, 0.15) is 11.3 Å². The minimum absolute atomic E-state index is 0.0168. The lowest BCUT2D eigenvalue weighted by molar-refractivity contribution is 0.308. The zero-order valence-corrected chi connectivity index (χ0v) is 13.0. The van der Waals surface area contributed by atoms with Crippen molar-refractivity contribution in [2.24, 2.45) is 15.9 Å². The van der Waals surface area contributed by atoms with Gasteiger partial charge in [0.1, 0.15) is 5.75 Å². The first-order chi connectivity index (χ1) is 9.49. The zero-order valence-electron chi connectivity index (χ0n) is 9.79. The highest BCUT2D eigenvalue weighted by molar-refractivity contribution is 9.11. The standard InChI is InChI=1S/C10H8Br2N6O2/c11-5-1-4(2-6(12)8(5)19)3-15-16-9(13)7-10(14)18-20-17-7/h1-3,19H,(H2,13,16)(H2,14,18)/b15-3-. The molecule has 1 aromatic heterocycles. The van der Waals surface area contributed by atoms with Crippen LogP contribution in [0.4, 0.5) is 5.82 Å². The number of hydrogen-bond acceptors (Lipinski definition) is 7. The topological polar surface area (TPSA) is 136 Å². The van der Waals surface area contributed by atoms with Gasteiger partial charge in [-0.15, -0.1) is 5.10 Å². The number of phenolic OH excluding ortho intramolecular Hbond substituents is 1. The van der Waals surface area contributed by atoms with Gasteiger partial charge in [0.15, 0.2) is 17.3 Å². The van der Waals surface area contributed by atoms with E-state index >= 15 is 0 Å². The lowest BCUT2D eigenvalue weighted by Gasteiger charge is -2.01. The lowest BCUT2D eigenvalue weighted by Crippen LogP contribution is -2.15. The van der Waals surface area contributed by atoms with Crippen LogP contribution in [-0.4, -0.2) is 27.5 Å². The largest absolute Gasteiger partial charge is 0.506 e. The summed E-state index contributed by atoms with van der Waals surface area (Å²) in [4.78, 5) is 0. The molecule has 5 N–H and O–H groups in total. The summed E-state index contributed by atoms with van der Waals surface area (Å²) in [6.07, 6.45) is 1.45. The molecule has 0 unspecified atom stereocenters. The van der Waals surface area contributed by atoms with Gasteiger partial charge in [-0.25, -0.2) is 4.63 Å². The van der Waals surface area contributed by atoms with Crippen LogP contribution >= 0.6 is 31.9 Å². The fourth-order valence-electron chi connectivity index (χ4n) is 1.24. The molecule has 0 aliphatic rings. The third kappa shape index (κ3) is 3.14. The van der Waals surface area contributed by atoms with E-state index in [0.717, 1.165) is 0 Å². The first kappa shape index (κ1) is 14.5. The van der Waals surface area contributed by atoms with E-state index in [1.54, 1.807) is 12.1 Å². The van der Waals surface area contributed by atoms with Gasteiger partial charge in [-0.3, -0.25) is 0 Å². The molecule has 0 spiro atoms. The average Bonchev–Trinajstić information content (AvgIpc) is 2.82. The van der Waals surface area contributed by atoms with E-state index in [2.05, 4.69) is 57.0 Å². The Morgan fingerprint density at radius 2 is 1.95 bits per heavy atom. The van der Waals surface area contributed by atoms with Crippen LogP contribution in [-0.2, 0) is 0 Å². The van der Waals surface area contributed by atoms with E-state index in [0.29, 0.717) is 14.5 Å². The molecule has 0 bridgehead atoms. The molecule has 0 radical (unpaired) electrons. The highest BCUT2D eigenvalue weighted by Gasteiger charge is 2.10. The molecule has 2 aromatic rings. The molecule has 1 aromatic carbocycles. The average molecular weight is 404 g/mol. The number of amidine groups is 1. The second-order valence-electron chi connectivity index (χ2n) is 3.56. The van der Waals surface area contributed by atoms with Gasteiger partial charge in [0.2, 0.25) is 0 Å². The number of benzene rings is 1. The number of aromatic nitrogens is 2. The lowest BCUT2D eigenvalue weighted by atomic mass is 10.2. The first-order valence-corrected chi connectivity index (χ1v) is 6.70. The van der Waals surface area contributed by atoms with E-state index in [1.165, 1.54) is 6.21 Å². The SMILES string of the molecule is N/C(=N/N=C\c1cc(Br)c(O)c(Br)c1)c1nonc1N. The highest BCUT2D eigenvalue weighted by atomic mass is 79.9. The Hall–Kier alpha value is -1.94. The van der Waals surface area contributed by atoms with Crippen molar-refractivity contribution < 1.29 is 9.74 Å². The van der Waals surface area contributed by atoms with Crippen LogP contribution in [0.15, 0.2) is 35.9 Å². The van der Waals surface area contributed by atoms with Crippen molar-refractivity contribution in [3.8, 4) is 5.75 Å². The van der Waals surface area contributed by atoms with Crippen LogP contribution in [0.2, 0.25) is 0 Å². The maximum absolute atomic E-state index is 9.57. The number of rotatable bonds is 3. The number of nitrogens with zero attached hydrogens (tertiary/aromatic N) is 4. The van der Waals surface area contributed by atoms with E-state index < -0.39 is 0 Å². The van der Waals surface area contributed by atoms with Crippen molar-refractivity contribution >= 4 is 49.7 Å².